The number of carbonyl (C=O) groups is 2. The molecule has 1 heterocycles. The lowest BCUT2D eigenvalue weighted by Crippen LogP contribution is -2.36. The lowest BCUT2D eigenvalue weighted by Gasteiger charge is -2.18. The Morgan fingerprint density at radius 2 is 2.29 bits per heavy atom. The van der Waals surface area contributed by atoms with E-state index in [1.807, 2.05) is 0 Å². The molecule has 78 valence electrons. The Morgan fingerprint density at radius 1 is 1.57 bits per heavy atom. The molecule has 0 spiro atoms. The molecule has 6 heteroatoms. The minimum atomic E-state index is -0.103. The standard InChI is InChI=1S/C8H13N3O2S/c9-6(14)5-8(13)11-3-1-7(12)10-2-4-11/h1-5H2,(H2,9,14)(H,10,12). The number of rotatable bonds is 2. The van der Waals surface area contributed by atoms with Gasteiger partial charge in [-0.15, -0.1) is 0 Å². The van der Waals surface area contributed by atoms with E-state index in [0.29, 0.717) is 26.1 Å². The van der Waals surface area contributed by atoms with Gasteiger partial charge in [-0.2, -0.15) is 0 Å². The molecule has 0 aromatic rings. The van der Waals surface area contributed by atoms with Crippen LogP contribution in [0.15, 0.2) is 0 Å². The van der Waals surface area contributed by atoms with Crippen LogP contribution in [0.25, 0.3) is 0 Å². The summed E-state index contributed by atoms with van der Waals surface area (Å²) in [5.74, 6) is -0.121. The van der Waals surface area contributed by atoms with Crippen molar-refractivity contribution in [3.8, 4) is 0 Å². The molecule has 2 amide bonds. The monoisotopic (exact) mass is 215 g/mol. The molecule has 1 rings (SSSR count). The Bertz CT molecular complexity index is 267. The summed E-state index contributed by atoms with van der Waals surface area (Å²) in [7, 11) is 0. The number of nitrogens with two attached hydrogens (primary N) is 1. The van der Waals surface area contributed by atoms with Crippen LogP contribution >= 0.6 is 12.2 Å². The molecule has 14 heavy (non-hydrogen) atoms. The fourth-order valence-corrected chi connectivity index (χ4v) is 1.40. The minimum Gasteiger partial charge on any atom is -0.393 e. The van der Waals surface area contributed by atoms with Crippen molar-refractivity contribution in [1.82, 2.24) is 10.2 Å². The molecule has 5 nitrogen and oxygen atoms in total. The van der Waals surface area contributed by atoms with Gasteiger partial charge in [-0.3, -0.25) is 9.59 Å². The van der Waals surface area contributed by atoms with Crippen LogP contribution in [0.1, 0.15) is 12.8 Å². The van der Waals surface area contributed by atoms with Gasteiger partial charge < -0.3 is 16.0 Å². The summed E-state index contributed by atoms with van der Waals surface area (Å²) in [6.45, 7) is 1.49. The number of hydrogen-bond donors (Lipinski definition) is 2. The average molecular weight is 215 g/mol. The zero-order chi connectivity index (χ0) is 10.6. The molecule has 0 saturated carbocycles. The van der Waals surface area contributed by atoms with Crippen molar-refractivity contribution in [1.29, 1.82) is 0 Å². The molecule has 1 fully saturated rings. The quantitative estimate of drug-likeness (QED) is 0.580. The minimum absolute atomic E-state index is 0.0179. The molecule has 0 aromatic carbocycles. The average Bonchev–Trinajstić information content (AvgIpc) is 2.28. The van der Waals surface area contributed by atoms with Crippen LogP contribution in [0.4, 0.5) is 0 Å². The van der Waals surface area contributed by atoms with Crippen molar-refractivity contribution in [3.05, 3.63) is 0 Å². The van der Waals surface area contributed by atoms with E-state index in [4.69, 9.17) is 5.73 Å². The second kappa shape index (κ2) is 4.90. The Labute approximate surface area is 87.6 Å². The van der Waals surface area contributed by atoms with E-state index in [2.05, 4.69) is 17.5 Å². The maximum Gasteiger partial charge on any atom is 0.229 e. The zero-order valence-electron chi connectivity index (χ0n) is 7.78. The number of amides is 2. The second-order valence-electron chi connectivity index (χ2n) is 3.12. The lowest BCUT2D eigenvalue weighted by atomic mass is 10.3. The third kappa shape index (κ3) is 3.29. The summed E-state index contributed by atoms with van der Waals surface area (Å²) in [6, 6.07) is 0. The maximum absolute atomic E-state index is 11.5. The third-order valence-electron chi connectivity index (χ3n) is 1.99. The summed E-state index contributed by atoms with van der Waals surface area (Å²) < 4.78 is 0. The SMILES string of the molecule is NC(=S)CC(=O)N1CCNC(=O)CC1. The van der Waals surface area contributed by atoms with Crippen molar-refractivity contribution < 1.29 is 9.59 Å². The first kappa shape index (κ1) is 10.9. The Balaban J connectivity index is 2.47. The zero-order valence-corrected chi connectivity index (χ0v) is 8.60. The van der Waals surface area contributed by atoms with Gasteiger partial charge >= 0.3 is 0 Å². The smallest absolute Gasteiger partial charge is 0.229 e. The summed E-state index contributed by atoms with van der Waals surface area (Å²) >= 11 is 4.65. The fraction of sp³-hybridized carbons (Fsp3) is 0.625. The highest BCUT2D eigenvalue weighted by Gasteiger charge is 2.18. The molecule has 0 atom stereocenters. The predicted octanol–water partition coefficient (Wildman–Crippen LogP) is -0.989. The topological polar surface area (TPSA) is 75.4 Å². The van der Waals surface area contributed by atoms with Crippen molar-refractivity contribution in [2.75, 3.05) is 19.6 Å². The summed E-state index contributed by atoms with van der Waals surface area (Å²) in [5.41, 5.74) is 5.27. The molecule has 0 unspecified atom stereocenters. The lowest BCUT2D eigenvalue weighted by molar-refractivity contribution is -0.129. The van der Waals surface area contributed by atoms with Crippen LogP contribution in [0.2, 0.25) is 0 Å². The van der Waals surface area contributed by atoms with E-state index in [1.165, 1.54) is 0 Å². The van der Waals surface area contributed by atoms with Crippen LogP contribution in [-0.4, -0.2) is 41.3 Å². The second-order valence-corrected chi connectivity index (χ2v) is 3.65. The van der Waals surface area contributed by atoms with E-state index in [0.717, 1.165) is 0 Å². The molecule has 0 bridgehead atoms. The first-order valence-corrected chi connectivity index (χ1v) is 4.83. The fourth-order valence-electron chi connectivity index (χ4n) is 1.28. The van der Waals surface area contributed by atoms with Crippen LogP contribution < -0.4 is 11.1 Å². The molecule has 0 aromatic heterocycles. The molecular weight excluding hydrogens is 202 g/mol. The Morgan fingerprint density at radius 3 is 2.93 bits per heavy atom. The molecule has 3 N–H and O–H groups in total. The first-order valence-electron chi connectivity index (χ1n) is 4.42. The number of hydrogen-bond acceptors (Lipinski definition) is 3. The van der Waals surface area contributed by atoms with Gasteiger partial charge in [0.1, 0.15) is 0 Å². The molecule has 1 aliphatic rings. The van der Waals surface area contributed by atoms with Crippen molar-refractivity contribution >= 4 is 29.0 Å². The number of thiocarbonyl (C=S) groups is 1. The van der Waals surface area contributed by atoms with Gasteiger partial charge in [0.05, 0.1) is 11.4 Å². The van der Waals surface area contributed by atoms with E-state index in [-0.39, 0.29) is 23.2 Å². The highest BCUT2D eigenvalue weighted by Crippen LogP contribution is 1.99. The van der Waals surface area contributed by atoms with Crippen molar-refractivity contribution in [3.63, 3.8) is 0 Å². The summed E-state index contributed by atoms with van der Waals surface area (Å²) in [4.78, 5) is 24.3. The molecule has 0 aliphatic carbocycles. The largest absolute Gasteiger partial charge is 0.393 e. The van der Waals surface area contributed by atoms with Crippen molar-refractivity contribution in [2.24, 2.45) is 5.73 Å². The van der Waals surface area contributed by atoms with Gasteiger partial charge in [0.15, 0.2) is 0 Å². The van der Waals surface area contributed by atoms with Crippen LogP contribution in [0, 0.1) is 0 Å². The van der Waals surface area contributed by atoms with Gasteiger partial charge in [0.2, 0.25) is 11.8 Å². The Hall–Kier alpha value is -1.17. The van der Waals surface area contributed by atoms with Crippen LogP contribution in [-0.2, 0) is 9.59 Å². The number of carbonyl (C=O) groups excluding carboxylic acids is 2. The van der Waals surface area contributed by atoms with E-state index in [9.17, 15) is 9.59 Å². The van der Waals surface area contributed by atoms with E-state index >= 15 is 0 Å². The maximum atomic E-state index is 11.5. The van der Waals surface area contributed by atoms with Gasteiger partial charge in [-0.1, -0.05) is 12.2 Å². The third-order valence-corrected chi connectivity index (χ3v) is 2.14. The van der Waals surface area contributed by atoms with Crippen molar-refractivity contribution in [2.45, 2.75) is 12.8 Å². The van der Waals surface area contributed by atoms with Gasteiger partial charge in [-0.05, 0) is 0 Å². The Kier molecular flexibility index (Phi) is 3.82. The number of nitrogens with zero attached hydrogens (tertiary/aromatic N) is 1. The van der Waals surface area contributed by atoms with Crippen LogP contribution in [0.5, 0.6) is 0 Å². The summed E-state index contributed by atoms with van der Waals surface area (Å²) in [5, 5.41) is 2.69. The van der Waals surface area contributed by atoms with Gasteiger partial charge in [-0.25, -0.2) is 0 Å². The van der Waals surface area contributed by atoms with Gasteiger partial charge in [0, 0.05) is 26.1 Å². The normalized spacial score (nSPS) is 17.1. The number of nitrogens with one attached hydrogen (secondary N) is 1. The molecule has 1 saturated heterocycles. The molecule has 1 aliphatic heterocycles. The predicted molar refractivity (Wildman–Crippen MR) is 55.6 cm³/mol. The highest BCUT2D eigenvalue weighted by atomic mass is 32.1. The highest BCUT2D eigenvalue weighted by molar-refractivity contribution is 7.80. The molecule has 0 radical (unpaired) electrons. The van der Waals surface area contributed by atoms with Gasteiger partial charge in [0.25, 0.3) is 0 Å². The molecular formula is C8H13N3O2S. The summed E-state index contributed by atoms with van der Waals surface area (Å²) in [6.07, 6.45) is 0.437. The van der Waals surface area contributed by atoms with E-state index < -0.39 is 0 Å². The first-order chi connectivity index (χ1) is 6.59. The van der Waals surface area contributed by atoms with E-state index in [1.54, 1.807) is 4.90 Å². The van der Waals surface area contributed by atoms with Crippen LogP contribution in [0.3, 0.4) is 0 Å².